The van der Waals surface area contributed by atoms with E-state index in [1.54, 1.807) is 0 Å². The summed E-state index contributed by atoms with van der Waals surface area (Å²) in [7, 11) is -3.48. The third kappa shape index (κ3) is 8.77. The fourth-order valence-electron chi connectivity index (χ4n) is 1.92. The molecule has 8 heteroatoms. The third-order valence-electron chi connectivity index (χ3n) is 3.16. The molecule has 0 unspecified atom stereocenters. The predicted molar refractivity (Wildman–Crippen MR) is 98.1 cm³/mol. The van der Waals surface area contributed by atoms with Crippen LogP contribution in [0, 0.1) is 0 Å². The minimum Gasteiger partial charge on any atom is -0.379 e. The van der Waals surface area contributed by atoms with Crippen LogP contribution in [-0.2, 0) is 26.1 Å². The van der Waals surface area contributed by atoms with Crippen LogP contribution in [0.5, 0.6) is 0 Å². The van der Waals surface area contributed by atoms with Gasteiger partial charge in [-0.2, -0.15) is 4.31 Å². The Kier molecular flexibility index (Phi) is 8.90. The van der Waals surface area contributed by atoms with Crippen LogP contribution in [0.15, 0.2) is 28.7 Å². The van der Waals surface area contributed by atoms with Crippen molar-refractivity contribution in [2.24, 2.45) is 0 Å². The second-order valence-corrected chi connectivity index (χ2v) is 8.68. The minimum absolute atomic E-state index is 0.160. The number of benzene rings is 1. The van der Waals surface area contributed by atoms with Gasteiger partial charge in [0.15, 0.2) is 0 Å². The second kappa shape index (κ2) is 10.1. The van der Waals surface area contributed by atoms with Crippen molar-refractivity contribution in [3.8, 4) is 0 Å². The zero-order valence-electron chi connectivity index (χ0n) is 14.3. The zero-order chi connectivity index (χ0) is 18.2. The zero-order valence-corrected chi connectivity index (χ0v) is 16.7. The summed E-state index contributed by atoms with van der Waals surface area (Å²) in [5, 5.41) is 2.72. The summed E-state index contributed by atoms with van der Waals surface area (Å²) in [6, 6.07) is 7.32. The molecule has 1 rings (SSSR count). The molecule has 0 atom stereocenters. The van der Waals surface area contributed by atoms with E-state index in [1.165, 1.54) is 0 Å². The molecule has 0 saturated heterocycles. The fraction of sp³-hybridized carbons (Fsp3) is 0.562. The Labute approximate surface area is 152 Å². The lowest BCUT2D eigenvalue weighted by Gasteiger charge is -2.19. The highest BCUT2D eigenvalue weighted by Gasteiger charge is 2.20. The van der Waals surface area contributed by atoms with Crippen molar-refractivity contribution in [1.29, 1.82) is 0 Å². The van der Waals surface area contributed by atoms with Crippen LogP contribution in [0.3, 0.4) is 0 Å². The van der Waals surface area contributed by atoms with E-state index in [0.717, 1.165) is 20.6 Å². The molecule has 1 aromatic carbocycles. The third-order valence-corrected chi connectivity index (χ3v) is 4.88. The molecule has 136 valence electrons. The summed E-state index contributed by atoms with van der Waals surface area (Å²) in [6.45, 7) is 4.89. The molecule has 0 spiro atoms. The van der Waals surface area contributed by atoms with E-state index in [9.17, 15) is 13.2 Å². The molecule has 1 aromatic rings. The van der Waals surface area contributed by atoms with Crippen LogP contribution in [0.2, 0.25) is 0 Å². The molecular formula is C16H25BrN2O4S. The van der Waals surface area contributed by atoms with Crippen molar-refractivity contribution in [3.05, 3.63) is 34.3 Å². The molecule has 6 nitrogen and oxygen atoms in total. The van der Waals surface area contributed by atoms with E-state index in [1.807, 2.05) is 38.1 Å². The first kappa shape index (κ1) is 21.1. The highest BCUT2D eigenvalue weighted by molar-refractivity contribution is 9.10. The monoisotopic (exact) mass is 420 g/mol. The molecule has 0 saturated carbocycles. The lowest BCUT2D eigenvalue weighted by Crippen LogP contribution is -2.40. The number of nitrogens with zero attached hydrogens (tertiary/aromatic N) is 1. The number of hydrogen-bond donors (Lipinski definition) is 1. The maximum atomic E-state index is 12.0. The second-order valence-electron chi connectivity index (χ2n) is 5.78. The molecule has 0 fully saturated rings. The lowest BCUT2D eigenvalue weighted by atomic mass is 10.2. The Morgan fingerprint density at radius 2 is 1.92 bits per heavy atom. The van der Waals surface area contributed by atoms with Gasteiger partial charge in [-0.15, -0.1) is 0 Å². The van der Waals surface area contributed by atoms with Gasteiger partial charge in [0, 0.05) is 24.2 Å². The van der Waals surface area contributed by atoms with Gasteiger partial charge in [-0.05, 0) is 38.0 Å². The topological polar surface area (TPSA) is 75.7 Å². The molecule has 24 heavy (non-hydrogen) atoms. The van der Waals surface area contributed by atoms with Gasteiger partial charge in [-0.3, -0.25) is 4.79 Å². The highest BCUT2D eigenvalue weighted by Crippen LogP contribution is 2.13. The summed E-state index contributed by atoms with van der Waals surface area (Å²) in [6.07, 6.45) is 1.96. The van der Waals surface area contributed by atoms with Gasteiger partial charge >= 0.3 is 0 Å². The first-order valence-corrected chi connectivity index (χ1v) is 10.4. The summed E-state index contributed by atoms with van der Waals surface area (Å²) in [4.78, 5) is 12.0. The quantitative estimate of drug-likeness (QED) is 0.588. The molecule has 0 aliphatic rings. The number of halogens is 1. The molecule has 0 radical (unpaired) electrons. The Morgan fingerprint density at radius 1 is 1.29 bits per heavy atom. The average Bonchev–Trinajstić information content (AvgIpc) is 2.47. The smallest absolute Gasteiger partial charge is 0.235 e. The molecule has 0 heterocycles. The first-order chi connectivity index (χ1) is 11.2. The molecule has 1 amide bonds. The van der Waals surface area contributed by atoms with E-state index in [-0.39, 0.29) is 25.1 Å². The van der Waals surface area contributed by atoms with Crippen LogP contribution < -0.4 is 5.32 Å². The number of carbonyl (C=O) groups is 1. The van der Waals surface area contributed by atoms with Crippen molar-refractivity contribution < 1.29 is 17.9 Å². The number of hydrogen-bond acceptors (Lipinski definition) is 4. The summed E-state index contributed by atoms with van der Waals surface area (Å²) < 4.78 is 31.3. The van der Waals surface area contributed by atoms with Crippen LogP contribution in [0.4, 0.5) is 0 Å². The predicted octanol–water partition coefficient (Wildman–Crippen LogP) is 2.14. The summed E-state index contributed by atoms with van der Waals surface area (Å²) in [5.41, 5.74) is 0.821. The number of rotatable bonds is 10. The molecule has 1 N–H and O–H groups in total. The van der Waals surface area contributed by atoms with E-state index in [2.05, 4.69) is 21.2 Å². The van der Waals surface area contributed by atoms with Gasteiger partial charge in [0.1, 0.15) is 0 Å². The van der Waals surface area contributed by atoms with Gasteiger partial charge in [0.25, 0.3) is 0 Å². The number of nitrogens with one attached hydrogen (secondary N) is 1. The Bertz CT molecular complexity index is 617. The number of carbonyl (C=O) groups excluding carboxylic acids is 1. The van der Waals surface area contributed by atoms with Crippen molar-refractivity contribution in [3.63, 3.8) is 0 Å². The van der Waals surface area contributed by atoms with Gasteiger partial charge in [0.05, 0.1) is 18.9 Å². The Morgan fingerprint density at radius 3 is 2.46 bits per heavy atom. The van der Waals surface area contributed by atoms with Gasteiger partial charge < -0.3 is 10.1 Å². The molecule has 0 aromatic heterocycles. The molecule has 0 bridgehead atoms. The van der Waals surface area contributed by atoms with Crippen LogP contribution in [0.25, 0.3) is 0 Å². The van der Waals surface area contributed by atoms with Gasteiger partial charge in [-0.1, -0.05) is 28.1 Å². The molecule has 0 aliphatic carbocycles. The van der Waals surface area contributed by atoms with E-state index in [0.29, 0.717) is 19.6 Å². The number of sulfonamides is 1. The van der Waals surface area contributed by atoms with Crippen molar-refractivity contribution in [1.82, 2.24) is 9.62 Å². The Balaban J connectivity index is 2.51. The molecule has 0 aliphatic heterocycles. The van der Waals surface area contributed by atoms with Crippen LogP contribution in [-0.4, -0.2) is 50.7 Å². The van der Waals surface area contributed by atoms with E-state index >= 15 is 0 Å². The molecular weight excluding hydrogens is 396 g/mol. The lowest BCUT2D eigenvalue weighted by molar-refractivity contribution is -0.121. The highest BCUT2D eigenvalue weighted by atomic mass is 79.9. The normalized spacial score (nSPS) is 11.9. The van der Waals surface area contributed by atoms with Crippen LogP contribution in [0.1, 0.15) is 25.8 Å². The SMILES string of the molecule is CC(C)OCCCNC(=O)CN(Cc1ccc(Br)cc1)S(C)(=O)=O. The van der Waals surface area contributed by atoms with Gasteiger partial charge in [0.2, 0.25) is 15.9 Å². The average molecular weight is 421 g/mol. The number of amides is 1. The fourth-order valence-corrected chi connectivity index (χ4v) is 2.92. The summed E-state index contributed by atoms with van der Waals surface area (Å²) in [5.74, 6) is -0.318. The van der Waals surface area contributed by atoms with Crippen molar-refractivity contribution >= 4 is 31.9 Å². The van der Waals surface area contributed by atoms with Gasteiger partial charge in [-0.25, -0.2) is 8.42 Å². The van der Waals surface area contributed by atoms with E-state index < -0.39 is 10.0 Å². The Hall–Kier alpha value is -0.960. The van der Waals surface area contributed by atoms with Crippen molar-refractivity contribution in [2.45, 2.75) is 32.9 Å². The van der Waals surface area contributed by atoms with Crippen LogP contribution >= 0.6 is 15.9 Å². The minimum atomic E-state index is -3.48. The first-order valence-electron chi connectivity index (χ1n) is 7.76. The summed E-state index contributed by atoms with van der Waals surface area (Å²) >= 11 is 3.34. The maximum absolute atomic E-state index is 12.0. The standard InChI is InChI=1S/C16H25BrN2O4S/c1-13(2)23-10-4-9-18-16(20)12-19(24(3,21)22)11-14-5-7-15(17)8-6-14/h5-8,13H,4,9-12H2,1-3H3,(H,18,20). The maximum Gasteiger partial charge on any atom is 0.235 e. The largest absolute Gasteiger partial charge is 0.379 e. The number of ether oxygens (including phenoxy) is 1. The van der Waals surface area contributed by atoms with E-state index in [4.69, 9.17) is 4.74 Å². The van der Waals surface area contributed by atoms with Crippen molar-refractivity contribution in [2.75, 3.05) is 26.0 Å².